The minimum atomic E-state index is -0.400. The van der Waals surface area contributed by atoms with Crippen LogP contribution in [-0.2, 0) is 25.6 Å². The first-order valence-corrected chi connectivity index (χ1v) is 10.2. The first-order valence-electron chi connectivity index (χ1n) is 9.29. The number of hydrogen-bond acceptors (Lipinski definition) is 6. The summed E-state index contributed by atoms with van der Waals surface area (Å²) in [6.07, 6.45) is -0.687. The fourth-order valence-electron chi connectivity index (χ4n) is 3.19. The Kier molecular flexibility index (Phi) is 7.76. The Labute approximate surface area is 171 Å². The van der Waals surface area contributed by atoms with Gasteiger partial charge in [0.15, 0.2) is 6.29 Å². The van der Waals surface area contributed by atoms with Crippen molar-refractivity contribution in [3.63, 3.8) is 0 Å². The lowest BCUT2D eigenvalue weighted by Gasteiger charge is -2.22. The topological polar surface area (TPSA) is 46.2 Å². The lowest BCUT2D eigenvalue weighted by Crippen LogP contribution is -2.34. The van der Waals surface area contributed by atoms with Crippen LogP contribution in [0.2, 0.25) is 0 Å². The summed E-state index contributed by atoms with van der Waals surface area (Å²) >= 11 is 1.74. The standard InChI is InChI=1S/C22H28O5S/c1-15-5-11-18(12-6-15)28-21-19(27-22(25-4)20(21)24-3)14-26-13-16-7-9-17(23-2)10-8-16/h5-12,19-22H,13-14H2,1-4H3/t19-,20+,21-,22+/m1/s1. The molecule has 1 fully saturated rings. The molecule has 0 aromatic heterocycles. The van der Waals surface area contributed by atoms with Crippen molar-refractivity contribution >= 4 is 11.8 Å². The van der Waals surface area contributed by atoms with Crippen LogP contribution in [0.5, 0.6) is 5.75 Å². The number of benzene rings is 2. The molecule has 1 aliphatic rings. The van der Waals surface area contributed by atoms with Crippen molar-refractivity contribution < 1.29 is 23.7 Å². The molecule has 0 amide bonds. The highest BCUT2D eigenvalue weighted by Gasteiger charge is 2.45. The molecule has 4 atom stereocenters. The molecule has 1 aliphatic heterocycles. The van der Waals surface area contributed by atoms with Crippen molar-refractivity contribution in [1.82, 2.24) is 0 Å². The third-order valence-corrected chi connectivity index (χ3v) is 6.16. The van der Waals surface area contributed by atoms with Gasteiger partial charge in [-0.3, -0.25) is 0 Å². The van der Waals surface area contributed by atoms with E-state index >= 15 is 0 Å². The van der Waals surface area contributed by atoms with Crippen molar-refractivity contribution in [2.75, 3.05) is 27.9 Å². The van der Waals surface area contributed by atoms with E-state index in [1.54, 1.807) is 33.1 Å². The molecule has 0 spiro atoms. The summed E-state index contributed by atoms with van der Waals surface area (Å²) in [5, 5.41) is 0.0773. The zero-order chi connectivity index (χ0) is 19.9. The monoisotopic (exact) mass is 404 g/mol. The first kappa shape index (κ1) is 21.1. The Morgan fingerprint density at radius 1 is 0.929 bits per heavy atom. The van der Waals surface area contributed by atoms with E-state index in [9.17, 15) is 0 Å². The van der Waals surface area contributed by atoms with Crippen LogP contribution in [0, 0.1) is 6.92 Å². The first-order chi connectivity index (χ1) is 13.6. The zero-order valence-corrected chi connectivity index (χ0v) is 17.6. The van der Waals surface area contributed by atoms with E-state index in [0.29, 0.717) is 13.2 Å². The summed E-state index contributed by atoms with van der Waals surface area (Å²) in [6, 6.07) is 16.4. The Bertz CT molecular complexity index is 719. The molecular weight excluding hydrogens is 376 g/mol. The van der Waals surface area contributed by atoms with Crippen LogP contribution < -0.4 is 4.74 Å². The predicted molar refractivity (Wildman–Crippen MR) is 110 cm³/mol. The summed E-state index contributed by atoms with van der Waals surface area (Å²) in [5.74, 6) is 0.836. The van der Waals surface area contributed by atoms with Gasteiger partial charge in [0, 0.05) is 19.1 Å². The number of hydrogen-bond donors (Lipinski definition) is 0. The largest absolute Gasteiger partial charge is 0.497 e. The number of rotatable bonds is 9. The normalized spacial score (nSPS) is 24.4. The van der Waals surface area contributed by atoms with Gasteiger partial charge in [0.1, 0.15) is 11.9 Å². The summed E-state index contributed by atoms with van der Waals surface area (Å²) in [5.41, 5.74) is 2.33. The SMILES string of the molecule is COc1ccc(COC[C@H]2O[C@H](OC)[C@@H](OC)[C@@H]2Sc2ccc(C)cc2)cc1. The fourth-order valence-corrected chi connectivity index (χ4v) is 4.47. The van der Waals surface area contributed by atoms with Crippen LogP contribution in [0.25, 0.3) is 0 Å². The van der Waals surface area contributed by atoms with Gasteiger partial charge >= 0.3 is 0 Å². The molecule has 1 saturated heterocycles. The van der Waals surface area contributed by atoms with Crippen molar-refractivity contribution in [3.05, 3.63) is 59.7 Å². The lowest BCUT2D eigenvalue weighted by atomic mass is 10.2. The van der Waals surface area contributed by atoms with E-state index in [1.807, 2.05) is 24.3 Å². The second-order valence-corrected chi connectivity index (χ2v) is 7.99. The van der Waals surface area contributed by atoms with Crippen LogP contribution in [0.15, 0.2) is 53.4 Å². The number of ether oxygens (including phenoxy) is 5. The lowest BCUT2D eigenvalue weighted by molar-refractivity contribution is -0.162. The zero-order valence-electron chi connectivity index (χ0n) is 16.8. The Morgan fingerprint density at radius 2 is 1.64 bits per heavy atom. The van der Waals surface area contributed by atoms with E-state index in [4.69, 9.17) is 23.7 Å². The highest BCUT2D eigenvalue weighted by molar-refractivity contribution is 8.00. The summed E-state index contributed by atoms with van der Waals surface area (Å²) in [6.45, 7) is 3.07. The van der Waals surface area contributed by atoms with Gasteiger partial charge in [-0.05, 0) is 36.8 Å². The molecule has 5 nitrogen and oxygen atoms in total. The summed E-state index contributed by atoms with van der Waals surface area (Å²) < 4.78 is 28.4. The molecule has 152 valence electrons. The van der Waals surface area contributed by atoms with E-state index in [2.05, 4.69) is 31.2 Å². The van der Waals surface area contributed by atoms with Crippen LogP contribution in [0.4, 0.5) is 0 Å². The van der Waals surface area contributed by atoms with Crippen LogP contribution in [-0.4, -0.2) is 51.7 Å². The molecule has 2 aromatic rings. The van der Waals surface area contributed by atoms with E-state index < -0.39 is 6.29 Å². The van der Waals surface area contributed by atoms with Crippen molar-refractivity contribution in [3.8, 4) is 5.75 Å². The summed E-state index contributed by atoms with van der Waals surface area (Å²) in [4.78, 5) is 1.18. The van der Waals surface area contributed by atoms with Gasteiger partial charge in [0.25, 0.3) is 0 Å². The van der Waals surface area contributed by atoms with Gasteiger partial charge < -0.3 is 23.7 Å². The van der Waals surface area contributed by atoms with Crippen LogP contribution >= 0.6 is 11.8 Å². The van der Waals surface area contributed by atoms with Crippen LogP contribution in [0.1, 0.15) is 11.1 Å². The molecule has 1 heterocycles. The van der Waals surface area contributed by atoms with Gasteiger partial charge in [-0.25, -0.2) is 0 Å². The van der Waals surface area contributed by atoms with Gasteiger partial charge in [0.05, 0.1) is 31.7 Å². The minimum absolute atomic E-state index is 0.0773. The maximum absolute atomic E-state index is 6.08. The van der Waals surface area contributed by atoms with Crippen LogP contribution in [0.3, 0.4) is 0 Å². The van der Waals surface area contributed by atoms with E-state index in [1.165, 1.54) is 10.5 Å². The van der Waals surface area contributed by atoms with Crippen molar-refractivity contribution in [1.29, 1.82) is 0 Å². The highest BCUT2D eigenvalue weighted by Crippen LogP contribution is 2.37. The molecule has 3 rings (SSSR count). The molecule has 0 radical (unpaired) electrons. The molecule has 0 N–H and O–H groups in total. The smallest absolute Gasteiger partial charge is 0.185 e. The van der Waals surface area contributed by atoms with E-state index in [0.717, 1.165) is 11.3 Å². The summed E-state index contributed by atoms with van der Waals surface area (Å²) in [7, 11) is 5.00. The average molecular weight is 405 g/mol. The molecule has 0 bridgehead atoms. The Balaban J connectivity index is 1.63. The third kappa shape index (κ3) is 5.27. The molecule has 2 aromatic carbocycles. The van der Waals surface area contributed by atoms with Gasteiger partial charge in [0.2, 0.25) is 0 Å². The number of thioether (sulfide) groups is 1. The highest BCUT2D eigenvalue weighted by atomic mass is 32.2. The molecule has 0 unspecified atom stereocenters. The van der Waals surface area contributed by atoms with Gasteiger partial charge in [-0.1, -0.05) is 29.8 Å². The maximum atomic E-state index is 6.08. The minimum Gasteiger partial charge on any atom is -0.497 e. The molecule has 0 saturated carbocycles. The Hall–Kier alpha value is -1.57. The maximum Gasteiger partial charge on any atom is 0.185 e. The van der Waals surface area contributed by atoms with Gasteiger partial charge in [-0.2, -0.15) is 0 Å². The predicted octanol–water partition coefficient (Wildman–Crippen LogP) is 4.07. The molecule has 6 heteroatoms. The molecular formula is C22H28O5S. The quantitative estimate of drug-likeness (QED) is 0.628. The second kappa shape index (κ2) is 10.3. The van der Waals surface area contributed by atoms with Gasteiger partial charge in [-0.15, -0.1) is 11.8 Å². The van der Waals surface area contributed by atoms with E-state index in [-0.39, 0.29) is 17.5 Å². The molecule has 28 heavy (non-hydrogen) atoms. The number of aryl methyl sites for hydroxylation is 1. The average Bonchev–Trinajstić information content (AvgIpc) is 3.06. The molecule has 0 aliphatic carbocycles. The van der Waals surface area contributed by atoms with Crippen molar-refractivity contribution in [2.24, 2.45) is 0 Å². The fraction of sp³-hybridized carbons (Fsp3) is 0.455. The number of methoxy groups -OCH3 is 3. The second-order valence-electron chi connectivity index (χ2n) is 6.74. The Morgan fingerprint density at radius 3 is 2.25 bits per heavy atom. The van der Waals surface area contributed by atoms with Crippen molar-refractivity contribution in [2.45, 2.75) is 42.2 Å². The third-order valence-electron chi connectivity index (χ3n) is 4.77.